The van der Waals surface area contributed by atoms with E-state index in [9.17, 15) is 13.6 Å². The maximum absolute atomic E-state index is 12.3. The first-order valence-corrected chi connectivity index (χ1v) is 6.46. The molecule has 0 aliphatic heterocycles. The molecule has 0 saturated carbocycles. The minimum absolute atomic E-state index is 0.0140. The van der Waals surface area contributed by atoms with Gasteiger partial charge in [-0.15, -0.1) is 0 Å². The zero-order chi connectivity index (χ0) is 16.1. The molecule has 6 nitrogen and oxygen atoms in total. The van der Waals surface area contributed by atoms with Crippen molar-refractivity contribution in [1.29, 1.82) is 0 Å². The SMILES string of the molecule is Cc1ccc(NC(=O)NCc2nocc2C)cc1OC(F)F. The number of urea groups is 1. The summed E-state index contributed by atoms with van der Waals surface area (Å²) in [6.45, 7) is 0.715. The summed E-state index contributed by atoms with van der Waals surface area (Å²) in [5, 5.41) is 8.85. The van der Waals surface area contributed by atoms with E-state index in [2.05, 4.69) is 20.5 Å². The molecule has 0 aliphatic carbocycles. The number of alkyl halides is 2. The Hall–Kier alpha value is -2.64. The van der Waals surface area contributed by atoms with E-state index < -0.39 is 12.6 Å². The Morgan fingerprint density at radius 2 is 2.14 bits per heavy atom. The molecule has 0 atom stereocenters. The minimum Gasteiger partial charge on any atom is -0.434 e. The number of amides is 2. The third-order valence-corrected chi connectivity index (χ3v) is 2.93. The van der Waals surface area contributed by atoms with Gasteiger partial charge in [-0.2, -0.15) is 8.78 Å². The van der Waals surface area contributed by atoms with Crippen molar-refractivity contribution in [3.8, 4) is 5.75 Å². The molecule has 0 spiro atoms. The molecule has 0 unspecified atom stereocenters. The van der Waals surface area contributed by atoms with E-state index in [-0.39, 0.29) is 12.3 Å². The molecule has 1 aromatic carbocycles. The second-order valence-corrected chi connectivity index (χ2v) is 4.61. The Morgan fingerprint density at radius 3 is 2.77 bits per heavy atom. The van der Waals surface area contributed by atoms with Gasteiger partial charge >= 0.3 is 12.6 Å². The minimum atomic E-state index is -2.92. The van der Waals surface area contributed by atoms with Gasteiger partial charge in [-0.05, 0) is 25.5 Å². The highest BCUT2D eigenvalue weighted by atomic mass is 19.3. The summed E-state index contributed by atoms with van der Waals surface area (Å²) < 4.78 is 33.7. The highest BCUT2D eigenvalue weighted by Crippen LogP contribution is 2.24. The normalized spacial score (nSPS) is 10.6. The molecular formula is C14H15F2N3O3. The van der Waals surface area contributed by atoms with Crippen molar-refractivity contribution in [2.75, 3.05) is 5.32 Å². The number of nitrogens with zero attached hydrogens (tertiary/aromatic N) is 1. The van der Waals surface area contributed by atoms with Gasteiger partial charge in [0.25, 0.3) is 0 Å². The molecule has 8 heteroatoms. The lowest BCUT2D eigenvalue weighted by atomic mass is 10.2. The van der Waals surface area contributed by atoms with Gasteiger partial charge in [0, 0.05) is 17.3 Å². The Morgan fingerprint density at radius 1 is 1.36 bits per heavy atom. The van der Waals surface area contributed by atoms with Crippen molar-refractivity contribution in [2.45, 2.75) is 27.0 Å². The Bertz CT molecular complexity index is 659. The van der Waals surface area contributed by atoms with Crippen molar-refractivity contribution in [1.82, 2.24) is 10.5 Å². The lowest BCUT2D eigenvalue weighted by Gasteiger charge is -2.11. The number of anilines is 1. The molecule has 2 N–H and O–H groups in total. The standard InChI is InChI=1S/C14H15F2N3O3/c1-8-3-4-10(5-12(8)22-13(15)16)18-14(20)17-6-11-9(2)7-21-19-11/h3-5,7,13H,6H2,1-2H3,(H2,17,18,20). The Balaban J connectivity index is 1.95. The molecule has 1 aromatic heterocycles. The van der Waals surface area contributed by atoms with E-state index in [1.807, 2.05) is 0 Å². The number of hydrogen-bond acceptors (Lipinski definition) is 4. The number of nitrogens with one attached hydrogen (secondary N) is 2. The number of benzene rings is 1. The lowest BCUT2D eigenvalue weighted by molar-refractivity contribution is -0.0502. The van der Waals surface area contributed by atoms with Crippen LogP contribution in [0.1, 0.15) is 16.8 Å². The monoisotopic (exact) mass is 311 g/mol. The maximum atomic E-state index is 12.3. The first kappa shape index (κ1) is 15.7. The van der Waals surface area contributed by atoms with E-state index in [1.54, 1.807) is 26.0 Å². The number of carbonyl (C=O) groups is 1. The zero-order valence-electron chi connectivity index (χ0n) is 12.0. The van der Waals surface area contributed by atoms with Gasteiger partial charge in [-0.25, -0.2) is 4.79 Å². The first-order chi connectivity index (χ1) is 10.5. The van der Waals surface area contributed by atoms with Crippen molar-refractivity contribution in [3.05, 3.63) is 41.3 Å². The summed E-state index contributed by atoms with van der Waals surface area (Å²) in [5.41, 5.74) is 2.32. The molecule has 1 heterocycles. The average Bonchev–Trinajstić information content (AvgIpc) is 2.85. The predicted octanol–water partition coefficient (Wildman–Crippen LogP) is 3.21. The Labute approximate surface area is 125 Å². The summed E-state index contributed by atoms with van der Waals surface area (Å²) in [4.78, 5) is 11.8. The molecular weight excluding hydrogens is 296 g/mol. The van der Waals surface area contributed by atoms with Crippen LogP contribution in [0.2, 0.25) is 0 Å². The highest BCUT2D eigenvalue weighted by molar-refractivity contribution is 5.89. The third-order valence-electron chi connectivity index (χ3n) is 2.93. The van der Waals surface area contributed by atoms with Crippen LogP contribution in [0.4, 0.5) is 19.3 Å². The molecule has 0 radical (unpaired) electrons. The predicted molar refractivity (Wildman–Crippen MR) is 74.9 cm³/mol. The highest BCUT2D eigenvalue weighted by Gasteiger charge is 2.10. The summed E-state index contributed by atoms with van der Waals surface area (Å²) in [7, 11) is 0. The van der Waals surface area contributed by atoms with Crippen molar-refractivity contribution in [2.24, 2.45) is 0 Å². The molecule has 118 valence electrons. The topological polar surface area (TPSA) is 76.4 Å². The summed E-state index contributed by atoms with van der Waals surface area (Å²) >= 11 is 0. The van der Waals surface area contributed by atoms with Crippen molar-refractivity contribution < 1.29 is 22.8 Å². The van der Waals surface area contributed by atoms with E-state index in [1.165, 1.54) is 12.3 Å². The van der Waals surface area contributed by atoms with Crippen LogP contribution >= 0.6 is 0 Å². The summed E-state index contributed by atoms with van der Waals surface area (Å²) in [5.74, 6) is 0.0140. The van der Waals surface area contributed by atoms with Crippen molar-refractivity contribution in [3.63, 3.8) is 0 Å². The van der Waals surface area contributed by atoms with Crippen LogP contribution < -0.4 is 15.4 Å². The fourth-order valence-electron chi connectivity index (χ4n) is 1.72. The summed E-state index contributed by atoms with van der Waals surface area (Å²) in [6.07, 6.45) is 1.48. The fourth-order valence-corrected chi connectivity index (χ4v) is 1.72. The van der Waals surface area contributed by atoms with Crippen LogP contribution in [0, 0.1) is 13.8 Å². The van der Waals surface area contributed by atoms with Gasteiger partial charge in [0.2, 0.25) is 0 Å². The number of ether oxygens (including phenoxy) is 1. The van der Waals surface area contributed by atoms with E-state index in [4.69, 9.17) is 4.52 Å². The van der Waals surface area contributed by atoms with Crippen LogP contribution in [0.25, 0.3) is 0 Å². The van der Waals surface area contributed by atoms with Crippen LogP contribution in [0.15, 0.2) is 29.0 Å². The van der Waals surface area contributed by atoms with Crippen molar-refractivity contribution >= 4 is 11.7 Å². The van der Waals surface area contributed by atoms with Gasteiger partial charge in [0.05, 0.1) is 6.54 Å². The van der Waals surface area contributed by atoms with Gasteiger partial charge in [-0.1, -0.05) is 11.2 Å². The van der Waals surface area contributed by atoms with E-state index in [0.29, 0.717) is 16.9 Å². The second kappa shape index (κ2) is 6.88. The van der Waals surface area contributed by atoms with E-state index in [0.717, 1.165) is 5.56 Å². The lowest BCUT2D eigenvalue weighted by Crippen LogP contribution is -2.28. The van der Waals surface area contributed by atoms with Gasteiger partial charge in [-0.3, -0.25) is 0 Å². The van der Waals surface area contributed by atoms with Crippen LogP contribution in [0.3, 0.4) is 0 Å². The number of aryl methyl sites for hydroxylation is 2. The molecule has 0 bridgehead atoms. The molecule has 0 fully saturated rings. The second-order valence-electron chi connectivity index (χ2n) is 4.61. The largest absolute Gasteiger partial charge is 0.434 e. The fraction of sp³-hybridized carbons (Fsp3) is 0.286. The quantitative estimate of drug-likeness (QED) is 0.889. The molecule has 2 amide bonds. The maximum Gasteiger partial charge on any atom is 0.387 e. The third kappa shape index (κ3) is 4.18. The van der Waals surface area contributed by atoms with E-state index >= 15 is 0 Å². The number of carbonyl (C=O) groups excluding carboxylic acids is 1. The molecule has 2 aromatic rings. The van der Waals surface area contributed by atoms with Gasteiger partial charge in [0.15, 0.2) is 0 Å². The Kier molecular flexibility index (Phi) is 4.92. The smallest absolute Gasteiger partial charge is 0.387 e. The number of rotatable bonds is 5. The number of aromatic nitrogens is 1. The van der Waals surface area contributed by atoms with Crippen LogP contribution in [-0.2, 0) is 6.54 Å². The average molecular weight is 311 g/mol. The number of halogens is 2. The molecule has 0 saturated heterocycles. The van der Waals surface area contributed by atoms with Crippen LogP contribution in [-0.4, -0.2) is 17.8 Å². The molecule has 22 heavy (non-hydrogen) atoms. The van der Waals surface area contributed by atoms with Gasteiger partial charge < -0.3 is 19.9 Å². The zero-order valence-corrected chi connectivity index (χ0v) is 12.0. The van der Waals surface area contributed by atoms with Gasteiger partial charge in [0.1, 0.15) is 17.7 Å². The number of hydrogen-bond donors (Lipinski definition) is 2. The summed E-state index contributed by atoms with van der Waals surface area (Å²) in [6, 6.07) is 4.01. The molecule has 2 rings (SSSR count). The first-order valence-electron chi connectivity index (χ1n) is 6.46. The van der Waals surface area contributed by atoms with Crippen LogP contribution in [0.5, 0.6) is 5.75 Å². The molecule has 0 aliphatic rings.